The van der Waals surface area contributed by atoms with Crippen LogP contribution in [0.1, 0.15) is 23.1 Å². The molecule has 172 valence electrons. The SMILES string of the molecule is COc1cc(C=NNC(=O)Nc2ccccc2)ccc1OCCCOc1cc(C)cc(C)c1. The van der Waals surface area contributed by atoms with Gasteiger partial charge in [-0.3, -0.25) is 0 Å². The quantitative estimate of drug-likeness (QED) is 0.251. The third-order valence-electron chi connectivity index (χ3n) is 4.61. The molecule has 0 heterocycles. The lowest BCUT2D eigenvalue weighted by molar-refractivity contribution is 0.240. The minimum atomic E-state index is -0.424. The zero-order chi connectivity index (χ0) is 23.5. The summed E-state index contributed by atoms with van der Waals surface area (Å²) >= 11 is 0. The predicted octanol–water partition coefficient (Wildman–Crippen LogP) is 5.32. The molecule has 3 rings (SSSR count). The van der Waals surface area contributed by atoms with Crippen molar-refractivity contribution in [2.24, 2.45) is 5.10 Å². The summed E-state index contributed by atoms with van der Waals surface area (Å²) < 4.78 is 17.1. The third-order valence-corrected chi connectivity index (χ3v) is 4.61. The van der Waals surface area contributed by atoms with Crippen molar-refractivity contribution in [3.05, 3.63) is 83.4 Å². The van der Waals surface area contributed by atoms with E-state index >= 15 is 0 Å². The van der Waals surface area contributed by atoms with Crippen molar-refractivity contribution < 1.29 is 19.0 Å². The number of anilines is 1. The van der Waals surface area contributed by atoms with Crippen molar-refractivity contribution in [3.8, 4) is 17.2 Å². The number of rotatable bonds is 10. The maximum atomic E-state index is 11.9. The van der Waals surface area contributed by atoms with Gasteiger partial charge in [0.15, 0.2) is 11.5 Å². The number of para-hydroxylation sites is 1. The van der Waals surface area contributed by atoms with E-state index in [1.807, 2.05) is 42.5 Å². The molecule has 0 fully saturated rings. The summed E-state index contributed by atoms with van der Waals surface area (Å²) in [4.78, 5) is 11.9. The Morgan fingerprint density at radius 2 is 1.64 bits per heavy atom. The van der Waals surface area contributed by atoms with E-state index in [0.717, 1.165) is 17.7 Å². The minimum absolute atomic E-state index is 0.424. The van der Waals surface area contributed by atoms with Gasteiger partial charge in [-0.15, -0.1) is 0 Å². The smallest absolute Gasteiger partial charge is 0.339 e. The van der Waals surface area contributed by atoms with Gasteiger partial charge in [0, 0.05) is 12.1 Å². The first kappa shape index (κ1) is 23.7. The molecule has 0 aromatic heterocycles. The number of hydrogen-bond donors (Lipinski definition) is 2. The minimum Gasteiger partial charge on any atom is -0.493 e. The fraction of sp³-hybridized carbons (Fsp3) is 0.231. The van der Waals surface area contributed by atoms with Gasteiger partial charge in [0.2, 0.25) is 0 Å². The van der Waals surface area contributed by atoms with Crippen LogP contribution in [0.4, 0.5) is 10.5 Å². The monoisotopic (exact) mass is 447 g/mol. The van der Waals surface area contributed by atoms with Gasteiger partial charge in [-0.25, -0.2) is 10.2 Å². The van der Waals surface area contributed by atoms with Gasteiger partial charge in [-0.05, 0) is 73.0 Å². The zero-order valence-corrected chi connectivity index (χ0v) is 19.1. The predicted molar refractivity (Wildman–Crippen MR) is 131 cm³/mol. The molecule has 3 aromatic carbocycles. The lowest BCUT2D eigenvalue weighted by Crippen LogP contribution is -2.24. The summed E-state index contributed by atoms with van der Waals surface area (Å²) in [6, 6.07) is 20.3. The van der Waals surface area contributed by atoms with Crippen LogP contribution in [0.3, 0.4) is 0 Å². The first-order valence-electron chi connectivity index (χ1n) is 10.7. The lowest BCUT2D eigenvalue weighted by atomic mass is 10.1. The normalized spacial score (nSPS) is 10.6. The molecule has 0 aliphatic carbocycles. The fourth-order valence-corrected chi connectivity index (χ4v) is 3.18. The summed E-state index contributed by atoms with van der Waals surface area (Å²) in [5, 5.41) is 6.66. The summed E-state index contributed by atoms with van der Waals surface area (Å²) in [6.07, 6.45) is 2.27. The van der Waals surface area contributed by atoms with Crippen molar-refractivity contribution in [1.29, 1.82) is 0 Å². The number of hydrogen-bond acceptors (Lipinski definition) is 5. The van der Waals surface area contributed by atoms with Crippen molar-refractivity contribution >= 4 is 17.9 Å². The standard InChI is InChI=1S/C26H29N3O4/c1-19-14-20(2)16-23(15-19)32-12-7-13-33-24-11-10-21(17-25(24)31-3)18-27-29-26(30)28-22-8-5-4-6-9-22/h4-6,8-11,14-18H,7,12-13H2,1-3H3,(H2,28,29,30). The third kappa shape index (κ3) is 7.88. The van der Waals surface area contributed by atoms with E-state index in [-0.39, 0.29) is 0 Å². The zero-order valence-electron chi connectivity index (χ0n) is 19.1. The van der Waals surface area contributed by atoms with Crippen LogP contribution < -0.4 is 25.0 Å². The van der Waals surface area contributed by atoms with E-state index in [2.05, 4.69) is 35.8 Å². The van der Waals surface area contributed by atoms with Gasteiger partial charge in [0.25, 0.3) is 0 Å². The van der Waals surface area contributed by atoms with Crippen LogP contribution >= 0.6 is 0 Å². The molecule has 0 bridgehead atoms. The molecule has 0 aliphatic heterocycles. The van der Waals surface area contributed by atoms with Gasteiger partial charge >= 0.3 is 6.03 Å². The largest absolute Gasteiger partial charge is 0.493 e. The number of nitrogens with zero attached hydrogens (tertiary/aromatic N) is 1. The second-order valence-electron chi connectivity index (χ2n) is 7.47. The van der Waals surface area contributed by atoms with Crippen LogP contribution in [-0.2, 0) is 0 Å². The first-order chi connectivity index (χ1) is 16.0. The summed E-state index contributed by atoms with van der Waals surface area (Å²) in [5.74, 6) is 2.10. The molecule has 2 amide bonds. The molecule has 7 nitrogen and oxygen atoms in total. The summed E-state index contributed by atoms with van der Waals surface area (Å²) in [6.45, 7) is 5.17. The first-order valence-corrected chi connectivity index (χ1v) is 10.7. The van der Waals surface area contributed by atoms with E-state index in [4.69, 9.17) is 14.2 Å². The van der Waals surface area contributed by atoms with E-state index in [0.29, 0.717) is 30.4 Å². The molecule has 0 saturated heterocycles. The average Bonchev–Trinajstić information content (AvgIpc) is 2.79. The van der Waals surface area contributed by atoms with E-state index in [9.17, 15) is 4.79 Å². The van der Waals surface area contributed by atoms with Crippen LogP contribution in [0.5, 0.6) is 17.2 Å². The van der Waals surface area contributed by atoms with Gasteiger partial charge in [0.1, 0.15) is 5.75 Å². The summed E-state index contributed by atoms with van der Waals surface area (Å²) in [7, 11) is 1.58. The number of aryl methyl sites for hydroxylation is 2. The highest BCUT2D eigenvalue weighted by Gasteiger charge is 2.06. The molecule has 0 unspecified atom stereocenters. The number of ether oxygens (including phenoxy) is 3. The maximum Gasteiger partial charge on any atom is 0.339 e. The Hall–Kier alpha value is -4.00. The Morgan fingerprint density at radius 1 is 0.909 bits per heavy atom. The number of hydrazone groups is 1. The number of carbonyl (C=O) groups excluding carboxylic acids is 1. The topological polar surface area (TPSA) is 81.2 Å². The second-order valence-corrected chi connectivity index (χ2v) is 7.47. The molecule has 0 saturated carbocycles. The van der Waals surface area contributed by atoms with Crippen LogP contribution in [0, 0.1) is 13.8 Å². The number of nitrogens with one attached hydrogen (secondary N) is 2. The molecular formula is C26H29N3O4. The Bertz CT molecular complexity index is 1060. The second kappa shape index (κ2) is 12.1. The van der Waals surface area contributed by atoms with Gasteiger partial charge < -0.3 is 19.5 Å². The van der Waals surface area contributed by atoms with E-state index in [1.165, 1.54) is 17.3 Å². The van der Waals surface area contributed by atoms with Crippen molar-refractivity contribution in [1.82, 2.24) is 5.43 Å². The van der Waals surface area contributed by atoms with Crippen LogP contribution in [0.25, 0.3) is 0 Å². The molecule has 0 radical (unpaired) electrons. The lowest BCUT2D eigenvalue weighted by Gasteiger charge is -2.12. The highest BCUT2D eigenvalue weighted by atomic mass is 16.5. The van der Waals surface area contributed by atoms with E-state index in [1.54, 1.807) is 25.3 Å². The average molecular weight is 448 g/mol. The molecule has 0 spiro atoms. The number of carbonyl (C=O) groups is 1. The Morgan fingerprint density at radius 3 is 2.36 bits per heavy atom. The molecule has 2 N–H and O–H groups in total. The summed E-state index contributed by atoms with van der Waals surface area (Å²) in [5.41, 5.74) is 6.25. The Kier molecular flexibility index (Phi) is 8.71. The molecule has 33 heavy (non-hydrogen) atoms. The van der Waals surface area contributed by atoms with Crippen LogP contribution in [0.15, 0.2) is 71.8 Å². The number of methoxy groups -OCH3 is 1. The molecular weight excluding hydrogens is 418 g/mol. The molecule has 0 aliphatic rings. The molecule has 7 heteroatoms. The van der Waals surface area contributed by atoms with Gasteiger partial charge in [-0.1, -0.05) is 24.3 Å². The van der Waals surface area contributed by atoms with Crippen molar-refractivity contribution in [3.63, 3.8) is 0 Å². The molecule has 0 atom stereocenters. The number of benzene rings is 3. The Labute approximate surface area is 194 Å². The van der Waals surface area contributed by atoms with Gasteiger partial charge in [-0.2, -0.15) is 5.10 Å². The maximum absolute atomic E-state index is 11.9. The molecule has 3 aromatic rings. The van der Waals surface area contributed by atoms with Crippen LogP contribution in [-0.4, -0.2) is 32.6 Å². The Balaban J connectivity index is 1.44. The van der Waals surface area contributed by atoms with Crippen LogP contribution in [0.2, 0.25) is 0 Å². The fourth-order valence-electron chi connectivity index (χ4n) is 3.18. The van der Waals surface area contributed by atoms with Crippen molar-refractivity contribution in [2.75, 3.05) is 25.6 Å². The highest BCUT2D eigenvalue weighted by molar-refractivity contribution is 5.90. The highest BCUT2D eigenvalue weighted by Crippen LogP contribution is 2.27. The number of urea groups is 1. The van der Waals surface area contributed by atoms with Crippen molar-refractivity contribution in [2.45, 2.75) is 20.3 Å². The number of amides is 2. The van der Waals surface area contributed by atoms with Gasteiger partial charge in [0.05, 0.1) is 26.5 Å². The van der Waals surface area contributed by atoms with E-state index < -0.39 is 6.03 Å².